The summed E-state index contributed by atoms with van der Waals surface area (Å²) in [5.41, 5.74) is 3.57. The van der Waals surface area contributed by atoms with Crippen molar-refractivity contribution in [2.24, 2.45) is 0 Å². The molecule has 1 heterocycles. The first-order valence-corrected chi connectivity index (χ1v) is 10.6. The Morgan fingerprint density at radius 1 is 1.19 bits per heavy atom. The van der Waals surface area contributed by atoms with Crippen molar-refractivity contribution >= 4 is 33.6 Å². The molecule has 0 saturated carbocycles. The lowest BCUT2D eigenvalue weighted by Gasteiger charge is -2.25. The Kier molecular flexibility index (Phi) is 6.37. The summed E-state index contributed by atoms with van der Waals surface area (Å²) in [5, 5.41) is -0.0913. The quantitative estimate of drug-likeness (QED) is 0.623. The van der Waals surface area contributed by atoms with Crippen LogP contribution in [0.2, 0.25) is 0 Å². The minimum absolute atomic E-state index is 0.0346. The molecule has 0 radical (unpaired) electrons. The third-order valence-electron chi connectivity index (χ3n) is 4.87. The van der Waals surface area contributed by atoms with Gasteiger partial charge in [-0.15, -0.1) is 11.8 Å². The molecule has 0 spiro atoms. The fourth-order valence-corrected chi connectivity index (χ4v) is 5.28. The van der Waals surface area contributed by atoms with Gasteiger partial charge in [0, 0.05) is 6.54 Å². The number of carbonyl (C=O) groups is 1. The van der Waals surface area contributed by atoms with Gasteiger partial charge in [0.25, 0.3) is 0 Å². The number of nitrogens with zero attached hydrogens (tertiary/aromatic N) is 1. The SMILES string of the molecule is COc1cc([C@@H]2S[C@H](C)C(=O)N2CCc2ccccc2C)cc(Br)c1OC. The normalized spacial score (nSPS) is 19.4. The number of hydrogen-bond acceptors (Lipinski definition) is 4. The monoisotopic (exact) mass is 449 g/mol. The van der Waals surface area contributed by atoms with Crippen molar-refractivity contribution in [1.29, 1.82) is 0 Å². The van der Waals surface area contributed by atoms with Gasteiger partial charge in [-0.3, -0.25) is 4.79 Å². The van der Waals surface area contributed by atoms with Crippen LogP contribution in [0.5, 0.6) is 11.5 Å². The van der Waals surface area contributed by atoms with Crippen molar-refractivity contribution in [3.05, 3.63) is 57.6 Å². The molecule has 2 aromatic rings. The highest BCUT2D eigenvalue weighted by Crippen LogP contribution is 2.46. The Labute approximate surface area is 173 Å². The maximum atomic E-state index is 12.8. The molecule has 0 aliphatic carbocycles. The van der Waals surface area contributed by atoms with E-state index in [1.807, 2.05) is 30.0 Å². The highest BCUT2D eigenvalue weighted by molar-refractivity contribution is 9.10. The van der Waals surface area contributed by atoms with E-state index < -0.39 is 0 Å². The molecule has 1 aliphatic heterocycles. The Morgan fingerprint density at radius 3 is 2.59 bits per heavy atom. The van der Waals surface area contributed by atoms with E-state index in [9.17, 15) is 4.79 Å². The summed E-state index contributed by atoms with van der Waals surface area (Å²) in [6, 6.07) is 12.3. The first-order chi connectivity index (χ1) is 13.0. The fourth-order valence-electron chi connectivity index (χ4n) is 3.37. The van der Waals surface area contributed by atoms with Gasteiger partial charge in [-0.05, 0) is 65.0 Å². The molecule has 0 unspecified atom stereocenters. The number of hydrogen-bond donors (Lipinski definition) is 0. The molecular formula is C21H24BrNO3S. The Balaban J connectivity index is 1.88. The average molecular weight is 450 g/mol. The average Bonchev–Trinajstić information content (AvgIpc) is 2.94. The van der Waals surface area contributed by atoms with Gasteiger partial charge in [0.15, 0.2) is 11.5 Å². The van der Waals surface area contributed by atoms with Gasteiger partial charge >= 0.3 is 0 Å². The summed E-state index contributed by atoms with van der Waals surface area (Å²) in [6.45, 7) is 4.78. The van der Waals surface area contributed by atoms with Crippen molar-refractivity contribution in [2.45, 2.75) is 30.9 Å². The molecular weight excluding hydrogens is 426 g/mol. The number of ether oxygens (including phenoxy) is 2. The predicted octanol–water partition coefficient (Wildman–Crippen LogP) is 4.98. The van der Waals surface area contributed by atoms with Crippen LogP contribution in [0.15, 0.2) is 40.9 Å². The van der Waals surface area contributed by atoms with Crippen LogP contribution in [0.4, 0.5) is 0 Å². The molecule has 1 amide bonds. The minimum Gasteiger partial charge on any atom is -0.493 e. The minimum atomic E-state index is -0.0567. The van der Waals surface area contributed by atoms with Crippen LogP contribution >= 0.6 is 27.7 Å². The first kappa shape index (κ1) is 20.1. The summed E-state index contributed by atoms with van der Waals surface area (Å²) in [5.74, 6) is 1.51. The van der Waals surface area contributed by atoms with E-state index in [2.05, 4.69) is 41.1 Å². The zero-order chi connectivity index (χ0) is 19.6. The number of aryl methyl sites for hydroxylation is 1. The number of thioether (sulfide) groups is 1. The predicted molar refractivity (Wildman–Crippen MR) is 114 cm³/mol. The van der Waals surface area contributed by atoms with E-state index in [1.54, 1.807) is 26.0 Å². The van der Waals surface area contributed by atoms with Crippen LogP contribution in [-0.2, 0) is 11.2 Å². The highest BCUT2D eigenvalue weighted by atomic mass is 79.9. The smallest absolute Gasteiger partial charge is 0.236 e. The summed E-state index contributed by atoms with van der Waals surface area (Å²) in [6.07, 6.45) is 0.844. The number of methoxy groups -OCH3 is 2. The second kappa shape index (κ2) is 8.57. The van der Waals surface area contributed by atoms with E-state index in [0.717, 1.165) is 16.5 Å². The summed E-state index contributed by atoms with van der Waals surface area (Å²) < 4.78 is 11.7. The van der Waals surface area contributed by atoms with Gasteiger partial charge in [0.05, 0.1) is 23.9 Å². The van der Waals surface area contributed by atoms with Gasteiger partial charge in [0.2, 0.25) is 5.91 Å². The number of benzene rings is 2. The molecule has 0 aromatic heterocycles. The van der Waals surface area contributed by atoms with Crippen molar-refractivity contribution in [1.82, 2.24) is 4.90 Å². The van der Waals surface area contributed by atoms with Crippen molar-refractivity contribution in [3.63, 3.8) is 0 Å². The Hall–Kier alpha value is -1.66. The van der Waals surface area contributed by atoms with Crippen molar-refractivity contribution in [3.8, 4) is 11.5 Å². The van der Waals surface area contributed by atoms with Crippen LogP contribution in [0.3, 0.4) is 0 Å². The topological polar surface area (TPSA) is 38.8 Å². The molecule has 1 saturated heterocycles. The van der Waals surface area contributed by atoms with Crippen molar-refractivity contribution in [2.75, 3.05) is 20.8 Å². The molecule has 6 heteroatoms. The second-order valence-corrected chi connectivity index (χ2v) is 8.86. The molecule has 0 N–H and O–H groups in total. The van der Waals surface area contributed by atoms with E-state index in [4.69, 9.17) is 9.47 Å². The number of amides is 1. The molecule has 144 valence electrons. The summed E-state index contributed by atoms with van der Waals surface area (Å²) >= 11 is 5.24. The van der Waals surface area contributed by atoms with Gasteiger partial charge < -0.3 is 14.4 Å². The van der Waals surface area contributed by atoms with Crippen LogP contribution in [0.1, 0.15) is 29.0 Å². The van der Waals surface area contributed by atoms with Crippen molar-refractivity contribution < 1.29 is 14.3 Å². The lowest BCUT2D eigenvalue weighted by molar-refractivity contribution is -0.129. The Morgan fingerprint density at radius 2 is 1.93 bits per heavy atom. The third-order valence-corrected chi connectivity index (χ3v) is 6.85. The molecule has 4 nitrogen and oxygen atoms in total. The van der Waals surface area contributed by atoms with Gasteiger partial charge in [-0.2, -0.15) is 0 Å². The van der Waals surface area contributed by atoms with Crippen LogP contribution in [0, 0.1) is 6.92 Å². The van der Waals surface area contributed by atoms with Gasteiger partial charge in [0.1, 0.15) is 5.37 Å². The summed E-state index contributed by atoms with van der Waals surface area (Å²) in [7, 11) is 3.24. The third kappa shape index (κ3) is 4.11. The highest BCUT2D eigenvalue weighted by Gasteiger charge is 2.38. The number of halogens is 1. The first-order valence-electron chi connectivity index (χ1n) is 8.88. The number of carbonyl (C=O) groups excluding carboxylic acids is 1. The Bertz CT molecular complexity index is 842. The molecule has 27 heavy (non-hydrogen) atoms. The molecule has 1 fully saturated rings. The molecule has 2 aromatic carbocycles. The van der Waals surface area contributed by atoms with Crippen LogP contribution in [-0.4, -0.2) is 36.8 Å². The maximum absolute atomic E-state index is 12.8. The summed E-state index contributed by atoms with van der Waals surface area (Å²) in [4.78, 5) is 14.8. The lowest BCUT2D eigenvalue weighted by Crippen LogP contribution is -2.32. The van der Waals surface area contributed by atoms with E-state index in [-0.39, 0.29) is 16.5 Å². The van der Waals surface area contributed by atoms with Gasteiger partial charge in [-0.25, -0.2) is 0 Å². The molecule has 3 rings (SSSR count). The van der Waals surface area contributed by atoms with Crippen LogP contribution in [0.25, 0.3) is 0 Å². The zero-order valence-electron chi connectivity index (χ0n) is 16.0. The largest absolute Gasteiger partial charge is 0.493 e. The van der Waals surface area contributed by atoms with E-state index in [0.29, 0.717) is 18.0 Å². The molecule has 2 atom stereocenters. The van der Waals surface area contributed by atoms with Crippen LogP contribution < -0.4 is 9.47 Å². The molecule has 1 aliphatic rings. The fraction of sp³-hybridized carbons (Fsp3) is 0.381. The van der Waals surface area contributed by atoms with E-state index in [1.165, 1.54) is 11.1 Å². The van der Waals surface area contributed by atoms with Gasteiger partial charge in [-0.1, -0.05) is 24.3 Å². The maximum Gasteiger partial charge on any atom is 0.236 e. The zero-order valence-corrected chi connectivity index (χ0v) is 18.4. The lowest BCUT2D eigenvalue weighted by atomic mass is 10.1. The molecule has 0 bridgehead atoms. The number of rotatable bonds is 6. The standard InChI is InChI=1S/C21H24BrNO3S/c1-13-7-5-6-8-15(13)9-10-23-20(24)14(2)27-21(23)16-11-17(22)19(26-4)18(12-16)25-3/h5-8,11-12,14,21H,9-10H2,1-4H3/t14-,21+/m1/s1. The van der Waals surface area contributed by atoms with E-state index >= 15 is 0 Å². The second-order valence-electron chi connectivity index (χ2n) is 6.58.